The standard InChI is InChI=1S/C14H10N4O2/c15-7-8-1-3-10(16)12(5-8)17-9-2-4-11-13(6-9)20-14(19)18-11/h1-6,17H,16H2,(H,18,19). The largest absolute Gasteiger partial charge is 0.417 e. The zero-order valence-electron chi connectivity index (χ0n) is 10.3. The van der Waals surface area contributed by atoms with Gasteiger partial charge in [-0.1, -0.05) is 0 Å². The SMILES string of the molecule is N#Cc1ccc(N)c(Nc2ccc3[nH]c(=O)oc3c2)c1. The molecule has 6 heteroatoms. The molecule has 0 aliphatic heterocycles. The lowest BCUT2D eigenvalue weighted by atomic mass is 10.2. The van der Waals surface area contributed by atoms with Crippen molar-refractivity contribution in [2.45, 2.75) is 0 Å². The van der Waals surface area contributed by atoms with E-state index < -0.39 is 5.76 Å². The van der Waals surface area contributed by atoms with Crippen LogP contribution in [0.5, 0.6) is 0 Å². The second kappa shape index (κ2) is 4.48. The maximum atomic E-state index is 11.1. The number of hydrogen-bond donors (Lipinski definition) is 3. The topological polar surface area (TPSA) is 108 Å². The van der Waals surface area contributed by atoms with Crippen LogP contribution in [0.15, 0.2) is 45.6 Å². The first-order valence-electron chi connectivity index (χ1n) is 5.85. The monoisotopic (exact) mass is 266 g/mol. The van der Waals surface area contributed by atoms with Crippen LogP contribution in [0.1, 0.15) is 5.56 Å². The first-order chi connectivity index (χ1) is 9.65. The molecule has 6 nitrogen and oxygen atoms in total. The van der Waals surface area contributed by atoms with E-state index in [4.69, 9.17) is 15.4 Å². The molecule has 0 saturated heterocycles. The van der Waals surface area contributed by atoms with Gasteiger partial charge in [0, 0.05) is 11.8 Å². The molecule has 0 aliphatic carbocycles. The van der Waals surface area contributed by atoms with E-state index in [0.717, 1.165) is 0 Å². The number of nitrogens with one attached hydrogen (secondary N) is 2. The number of anilines is 3. The summed E-state index contributed by atoms with van der Waals surface area (Å²) in [5, 5.41) is 12.0. The number of oxazole rings is 1. The Morgan fingerprint density at radius 3 is 2.90 bits per heavy atom. The number of hydrogen-bond acceptors (Lipinski definition) is 5. The molecule has 0 saturated carbocycles. The van der Waals surface area contributed by atoms with Crippen molar-refractivity contribution < 1.29 is 4.42 Å². The van der Waals surface area contributed by atoms with Crippen molar-refractivity contribution in [1.82, 2.24) is 4.98 Å². The molecule has 0 bridgehead atoms. The number of benzene rings is 2. The molecular weight excluding hydrogens is 256 g/mol. The predicted octanol–water partition coefficient (Wildman–Crippen LogP) is 2.32. The summed E-state index contributed by atoms with van der Waals surface area (Å²) >= 11 is 0. The molecule has 3 aromatic rings. The Balaban J connectivity index is 2.00. The highest BCUT2D eigenvalue weighted by molar-refractivity contribution is 5.81. The smallest absolute Gasteiger partial charge is 0.408 e. The van der Waals surface area contributed by atoms with Crippen LogP contribution in [0.3, 0.4) is 0 Å². The summed E-state index contributed by atoms with van der Waals surface area (Å²) in [6.07, 6.45) is 0. The van der Waals surface area contributed by atoms with Crippen molar-refractivity contribution >= 4 is 28.2 Å². The predicted molar refractivity (Wildman–Crippen MR) is 75.7 cm³/mol. The summed E-state index contributed by atoms with van der Waals surface area (Å²) in [4.78, 5) is 13.7. The molecule has 1 aromatic heterocycles. The zero-order valence-corrected chi connectivity index (χ0v) is 10.3. The quantitative estimate of drug-likeness (QED) is 0.617. The van der Waals surface area contributed by atoms with E-state index in [1.54, 1.807) is 36.4 Å². The first kappa shape index (κ1) is 11.9. The summed E-state index contributed by atoms with van der Waals surface area (Å²) in [6.45, 7) is 0. The number of nitriles is 1. The van der Waals surface area contributed by atoms with Crippen LogP contribution in [0, 0.1) is 11.3 Å². The fourth-order valence-electron chi connectivity index (χ4n) is 1.91. The van der Waals surface area contributed by atoms with Gasteiger partial charge < -0.3 is 15.5 Å². The number of rotatable bonds is 2. The van der Waals surface area contributed by atoms with Crippen LogP contribution < -0.4 is 16.8 Å². The van der Waals surface area contributed by atoms with Crippen molar-refractivity contribution in [1.29, 1.82) is 5.26 Å². The van der Waals surface area contributed by atoms with E-state index in [9.17, 15) is 4.79 Å². The van der Waals surface area contributed by atoms with Crippen LogP contribution in [-0.4, -0.2) is 4.98 Å². The molecule has 4 N–H and O–H groups in total. The van der Waals surface area contributed by atoms with E-state index in [1.807, 2.05) is 0 Å². The molecule has 0 atom stereocenters. The summed E-state index contributed by atoms with van der Waals surface area (Å²) in [7, 11) is 0. The van der Waals surface area contributed by atoms with E-state index in [0.29, 0.717) is 33.7 Å². The Labute approximate surface area is 113 Å². The van der Waals surface area contributed by atoms with Gasteiger partial charge in [0.25, 0.3) is 0 Å². The van der Waals surface area contributed by atoms with Crippen molar-refractivity contribution in [3.63, 3.8) is 0 Å². The summed E-state index contributed by atoms with van der Waals surface area (Å²) in [5.41, 5.74) is 9.31. The van der Waals surface area contributed by atoms with Gasteiger partial charge >= 0.3 is 5.76 Å². The minimum atomic E-state index is -0.497. The Morgan fingerprint density at radius 1 is 1.25 bits per heavy atom. The van der Waals surface area contributed by atoms with Gasteiger partial charge in [-0.05, 0) is 30.3 Å². The van der Waals surface area contributed by atoms with Gasteiger partial charge in [-0.3, -0.25) is 4.98 Å². The lowest BCUT2D eigenvalue weighted by Gasteiger charge is -2.09. The van der Waals surface area contributed by atoms with Crippen LogP contribution in [0.2, 0.25) is 0 Å². The molecule has 0 spiro atoms. The summed E-state index contributed by atoms with van der Waals surface area (Å²) in [6, 6.07) is 12.2. The third-order valence-corrected chi connectivity index (χ3v) is 2.88. The summed E-state index contributed by atoms with van der Waals surface area (Å²) < 4.78 is 4.99. The number of nitrogens with zero attached hydrogens (tertiary/aromatic N) is 1. The lowest BCUT2D eigenvalue weighted by Crippen LogP contribution is -1.96. The highest BCUT2D eigenvalue weighted by Gasteiger charge is 2.05. The maximum absolute atomic E-state index is 11.1. The van der Waals surface area contributed by atoms with Crippen LogP contribution in [0.4, 0.5) is 17.1 Å². The molecular formula is C14H10N4O2. The molecule has 2 aromatic carbocycles. The average molecular weight is 266 g/mol. The van der Waals surface area contributed by atoms with E-state index in [2.05, 4.69) is 16.4 Å². The van der Waals surface area contributed by atoms with Gasteiger partial charge in [-0.15, -0.1) is 0 Å². The number of H-pyrrole nitrogens is 1. The fourth-order valence-corrected chi connectivity index (χ4v) is 1.91. The van der Waals surface area contributed by atoms with Crippen LogP contribution >= 0.6 is 0 Å². The van der Waals surface area contributed by atoms with Gasteiger partial charge in [-0.25, -0.2) is 4.79 Å². The Bertz CT molecular complexity index is 886. The molecule has 1 heterocycles. The minimum Gasteiger partial charge on any atom is -0.408 e. The van der Waals surface area contributed by atoms with E-state index in [-0.39, 0.29) is 0 Å². The van der Waals surface area contributed by atoms with Crippen molar-refractivity contribution in [3.8, 4) is 6.07 Å². The van der Waals surface area contributed by atoms with Gasteiger partial charge in [-0.2, -0.15) is 5.26 Å². The fraction of sp³-hybridized carbons (Fsp3) is 0. The molecule has 98 valence electrons. The Hall–Kier alpha value is -3.20. The molecule has 20 heavy (non-hydrogen) atoms. The van der Waals surface area contributed by atoms with Crippen molar-refractivity contribution in [2.24, 2.45) is 0 Å². The van der Waals surface area contributed by atoms with Crippen molar-refractivity contribution in [2.75, 3.05) is 11.1 Å². The minimum absolute atomic E-state index is 0.454. The van der Waals surface area contributed by atoms with E-state index in [1.165, 1.54) is 0 Å². The second-order valence-corrected chi connectivity index (χ2v) is 4.26. The highest BCUT2D eigenvalue weighted by atomic mass is 16.4. The van der Waals surface area contributed by atoms with Crippen LogP contribution in [0.25, 0.3) is 11.1 Å². The van der Waals surface area contributed by atoms with Gasteiger partial charge in [0.05, 0.1) is 28.5 Å². The second-order valence-electron chi connectivity index (χ2n) is 4.26. The number of fused-ring (bicyclic) bond motifs is 1. The maximum Gasteiger partial charge on any atom is 0.417 e. The Kier molecular flexibility index (Phi) is 2.66. The molecule has 0 amide bonds. The highest BCUT2D eigenvalue weighted by Crippen LogP contribution is 2.25. The average Bonchev–Trinajstić information content (AvgIpc) is 2.80. The number of nitrogen functional groups attached to an aromatic ring is 1. The molecule has 0 aliphatic rings. The van der Waals surface area contributed by atoms with Gasteiger partial charge in [0.2, 0.25) is 0 Å². The molecule has 0 fully saturated rings. The number of aromatic nitrogens is 1. The number of aromatic amines is 1. The molecule has 0 unspecified atom stereocenters. The Morgan fingerprint density at radius 2 is 2.10 bits per heavy atom. The van der Waals surface area contributed by atoms with Gasteiger partial charge in [0.15, 0.2) is 5.58 Å². The van der Waals surface area contributed by atoms with Gasteiger partial charge in [0.1, 0.15) is 0 Å². The number of nitrogens with two attached hydrogens (primary N) is 1. The normalized spacial score (nSPS) is 10.3. The zero-order chi connectivity index (χ0) is 14.1. The molecule has 0 radical (unpaired) electrons. The van der Waals surface area contributed by atoms with E-state index >= 15 is 0 Å². The third kappa shape index (κ3) is 2.08. The molecule has 3 rings (SSSR count). The lowest BCUT2D eigenvalue weighted by molar-refractivity contribution is 0.555. The van der Waals surface area contributed by atoms with Crippen molar-refractivity contribution in [3.05, 3.63) is 52.5 Å². The first-order valence-corrected chi connectivity index (χ1v) is 5.85. The summed E-state index contributed by atoms with van der Waals surface area (Å²) in [5.74, 6) is -0.497. The van der Waals surface area contributed by atoms with Crippen LogP contribution in [-0.2, 0) is 0 Å². The third-order valence-electron chi connectivity index (χ3n) is 2.88.